The highest BCUT2D eigenvalue weighted by Crippen LogP contribution is 2.36. The van der Waals surface area contributed by atoms with Gasteiger partial charge in [0.05, 0.1) is 9.89 Å². The van der Waals surface area contributed by atoms with E-state index in [0.29, 0.717) is 12.0 Å². The second-order valence-electron chi connectivity index (χ2n) is 5.55. The van der Waals surface area contributed by atoms with Gasteiger partial charge in [-0.2, -0.15) is 0 Å². The molecule has 0 aliphatic heterocycles. The van der Waals surface area contributed by atoms with Crippen molar-refractivity contribution in [3.8, 4) is 0 Å². The molecule has 1 saturated carbocycles. The van der Waals surface area contributed by atoms with E-state index in [-0.39, 0.29) is 12.1 Å². The minimum absolute atomic E-state index is 0.0324. The lowest BCUT2D eigenvalue weighted by Crippen LogP contribution is -2.34. The molecule has 2 nitrogen and oxygen atoms in total. The van der Waals surface area contributed by atoms with Crippen LogP contribution in [0.25, 0.3) is 0 Å². The Morgan fingerprint density at radius 1 is 1.42 bits per heavy atom. The molecule has 4 unspecified atom stereocenters. The zero-order valence-electron chi connectivity index (χ0n) is 11.8. The summed E-state index contributed by atoms with van der Waals surface area (Å²) in [4.78, 5) is 1.24. The minimum Gasteiger partial charge on any atom is -0.368 e. The van der Waals surface area contributed by atoms with Crippen molar-refractivity contribution in [1.82, 2.24) is 0 Å². The Morgan fingerprint density at radius 2 is 2.16 bits per heavy atom. The lowest BCUT2D eigenvalue weighted by molar-refractivity contribution is -0.0686. The highest BCUT2D eigenvalue weighted by atomic mass is 79.9. The summed E-state index contributed by atoms with van der Waals surface area (Å²) in [7, 11) is 0. The summed E-state index contributed by atoms with van der Waals surface area (Å²) in [6.45, 7) is 4.32. The molecular formula is C15H24BrNOS. The predicted octanol–water partition coefficient (Wildman–Crippen LogP) is 4.88. The zero-order chi connectivity index (χ0) is 13.8. The van der Waals surface area contributed by atoms with Gasteiger partial charge in [0.25, 0.3) is 0 Å². The van der Waals surface area contributed by atoms with Gasteiger partial charge >= 0.3 is 0 Å². The molecule has 1 aromatic heterocycles. The fourth-order valence-electron chi connectivity index (χ4n) is 2.94. The maximum atomic E-state index is 6.42. The van der Waals surface area contributed by atoms with Gasteiger partial charge in [-0.1, -0.05) is 26.2 Å². The molecule has 19 heavy (non-hydrogen) atoms. The summed E-state index contributed by atoms with van der Waals surface area (Å²) >= 11 is 5.26. The molecule has 4 atom stereocenters. The van der Waals surface area contributed by atoms with Crippen molar-refractivity contribution in [2.45, 2.75) is 64.2 Å². The van der Waals surface area contributed by atoms with Crippen LogP contribution in [0.1, 0.15) is 56.9 Å². The van der Waals surface area contributed by atoms with Gasteiger partial charge in [0.1, 0.15) is 6.10 Å². The van der Waals surface area contributed by atoms with Crippen molar-refractivity contribution < 1.29 is 4.74 Å². The van der Waals surface area contributed by atoms with Gasteiger partial charge in [-0.25, -0.2) is 0 Å². The number of halogens is 1. The van der Waals surface area contributed by atoms with Crippen molar-refractivity contribution >= 4 is 27.3 Å². The quantitative estimate of drug-likeness (QED) is 0.824. The number of hydrogen-bond donors (Lipinski definition) is 1. The Bertz CT molecular complexity index is 393. The van der Waals surface area contributed by atoms with Crippen molar-refractivity contribution in [3.05, 3.63) is 20.8 Å². The minimum atomic E-state index is 0.0324. The molecule has 0 amide bonds. The number of thiophene rings is 1. The first-order valence-electron chi connectivity index (χ1n) is 7.28. The summed E-state index contributed by atoms with van der Waals surface area (Å²) in [6.07, 6.45) is 6.77. The van der Waals surface area contributed by atoms with Crippen LogP contribution in [0.15, 0.2) is 15.9 Å². The lowest BCUT2D eigenvalue weighted by Gasteiger charge is -2.34. The van der Waals surface area contributed by atoms with Crippen LogP contribution < -0.4 is 5.73 Å². The van der Waals surface area contributed by atoms with Crippen molar-refractivity contribution in [2.75, 3.05) is 0 Å². The van der Waals surface area contributed by atoms with Crippen LogP contribution in [0, 0.1) is 5.92 Å². The van der Waals surface area contributed by atoms with Crippen LogP contribution in [0.4, 0.5) is 0 Å². The van der Waals surface area contributed by atoms with Gasteiger partial charge in [0.15, 0.2) is 0 Å². The van der Waals surface area contributed by atoms with E-state index >= 15 is 0 Å². The van der Waals surface area contributed by atoms with Gasteiger partial charge in [-0.3, -0.25) is 0 Å². The monoisotopic (exact) mass is 345 g/mol. The Balaban J connectivity index is 2.07. The molecule has 0 saturated heterocycles. The maximum Gasteiger partial charge on any atom is 0.107 e. The molecule has 1 aliphatic rings. The summed E-state index contributed by atoms with van der Waals surface area (Å²) in [5, 5.41) is 0. The SMILES string of the molecule is CCC1CCCCC1OC(c1ccc(Br)s1)C(C)N. The van der Waals surface area contributed by atoms with Gasteiger partial charge in [-0.15, -0.1) is 11.3 Å². The number of nitrogens with two attached hydrogens (primary N) is 1. The van der Waals surface area contributed by atoms with E-state index in [1.54, 1.807) is 11.3 Å². The maximum absolute atomic E-state index is 6.42. The molecule has 0 radical (unpaired) electrons. The molecule has 4 heteroatoms. The van der Waals surface area contributed by atoms with E-state index in [0.717, 1.165) is 3.79 Å². The van der Waals surface area contributed by atoms with E-state index in [1.807, 2.05) is 6.92 Å². The molecule has 1 heterocycles. The summed E-state index contributed by atoms with van der Waals surface area (Å²) in [5.74, 6) is 0.707. The number of hydrogen-bond acceptors (Lipinski definition) is 3. The summed E-state index contributed by atoms with van der Waals surface area (Å²) < 4.78 is 7.57. The Kier molecular flexibility index (Phi) is 5.87. The second-order valence-corrected chi connectivity index (χ2v) is 8.04. The summed E-state index contributed by atoms with van der Waals surface area (Å²) in [5.41, 5.74) is 6.15. The highest BCUT2D eigenvalue weighted by Gasteiger charge is 2.29. The molecule has 108 valence electrons. The molecule has 2 N–H and O–H groups in total. The van der Waals surface area contributed by atoms with Crippen LogP contribution in [0.5, 0.6) is 0 Å². The lowest BCUT2D eigenvalue weighted by atomic mass is 9.84. The summed E-state index contributed by atoms with van der Waals surface area (Å²) in [6, 6.07) is 4.24. The van der Waals surface area contributed by atoms with Gasteiger partial charge in [0.2, 0.25) is 0 Å². The van der Waals surface area contributed by atoms with Crippen molar-refractivity contribution in [2.24, 2.45) is 11.7 Å². The molecule has 1 aromatic rings. The topological polar surface area (TPSA) is 35.2 Å². The molecule has 0 bridgehead atoms. The second kappa shape index (κ2) is 7.21. The fourth-order valence-corrected chi connectivity index (χ4v) is 4.52. The first kappa shape index (κ1) is 15.5. The van der Waals surface area contributed by atoms with Crippen molar-refractivity contribution in [3.63, 3.8) is 0 Å². The third-order valence-corrected chi connectivity index (χ3v) is 5.72. The normalized spacial score (nSPS) is 27.2. The van der Waals surface area contributed by atoms with Crippen LogP contribution in [-0.2, 0) is 4.74 Å². The average Bonchev–Trinajstić information content (AvgIpc) is 2.82. The van der Waals surface area contributed by atoms with Gasteiger partial charge in [0, 0.05) is 10.9 Å². The highest BCUT2D eigenvalue weighted by molar-refractivity contribution is 9.11. The van der Waals surface area contributed by atoms with E-state index in [2.05, 4.69) is 35.0 Å². The Morgan fingerprint density at radius 3 is 2.74 bits per heavy atom. The van der Waals surface area contributed by atoms with Crippen LogP contribution in [0.3, 0.4) is 0 Å². The first-order valence-corrected chi connectivity index (χ1v) is 8.89. The van der Waals surface area contributed by atoms with E-state index in [1.165, 1.54) is 37.0 Å². The van der Waals surface area contributed by atoms with Crippen LogP contribution >= 0.6 is 27.3 Å². The number of ether oxygens (including phenoxy) is 1. The Hall–Kier alpha value is 0.1000. The molecule has 1 fully saturated rings. The smallest absolute Gasteiger partial charge is 0.107 e. The average molecular weight is 346 g/mol. The first-order chi connectivity index (χ1) is 9.11. The van der Waals surface area contributed by atoms with Gasteiger partial charge in [-0.05, 0) is 53.7 Å². The molecule has 0 aromatic carbocycles. The van der Waals surface area contributed by atoms with Crippen LogP contribution in [0.2, 0.25) is 0 Å². The van der Waals surface area contributed by atoms with Crippen molar-refractivity contribution in [1.29, 1.82) is 0 Å². The standard InChI is InChI=1S/C15H24BrNOS/c1-3-11-6-4-5-7-12(11)18-15(10(2)17)13-8-9-14(16)19-13/h8-12,15H,3-7,17H2,1-2H3. The molecule has 2 rings (SSSR count). The molecule has 0 spiro atoms. The molecule has 1 aliphatic carbocycles. The molecular weight excluding hydrogens is 322 g/mol. The third kappa shape index (κ3) is 4.03. The zero-order valence-corrected chi connectivity index (χ0v) is 14.2. The largest absolute Gasteiger partial charge is 0.368 e. The Labute approximate surface area is 128 Å². The predicted molar refractivity (Wildman–Crippen MR) is 85.5 cm³/mol. The number of rotatable bonds is 5. The van der Waals surface area contributed by atoms with E-state index in [4.69, 9.17) is 10.5 Å². The third-order valence-electron chi connectivity index (χ3n) is 4.04. The fraction of sp³-hybridized carbons (Fsp3) is 0.733. The van der Waals surface area contributed by atoms with Gasteiger partial charge < -0.3 is 10.5 Å². The van der Waals surface area contributed by atoms with E-state index in [9.17, 15) is 0 Å². The van der Waals surface area contributed by atoms with Crippen LogP contribution in [-0.4, -0.2) is 12.1 Å². The van der Waals surface area contributed by atoms with E-state index < -0.39 is 0 Å².